The van der Waals surface area contributed by atoms with Crippen LogP contribution in [0.15, 0.2) is 45.6 Å². The van der Waals surface area contributed by atoms with Gasteiger partial charge in [0.2, 0.25) is 0 Å². The van der Waals surface area contributed by atoms with E-state index >= 15 is 0 Å². The van der Waals surface area contributed by atoms with E-state index in [4.69, 9.17) is 4.42 Å². The fourth-order valence-corrected chi connectivity index (χ4v) is 3.45. The van der Waals surface area contributed by atoms with Gasteiger partial charge in [0.1, 0.15) is 5.82 Å². The second-order valence-electron chi connectivity index (χ2n) is 7.12. The van der Waals surface area contributed by atoms with E-state index in [0.717, 1.165) is 12.1 Å². The van der Waals surface area contributed by atoms with Crippen LogP contribution in [-0.4, -0.2) is 47.9 Å². The highest BCUT2D eigenvalue weighted by atomic mass is 19.4. The Labute approximate surface area is 177 Å². The van der Waals surface area contributed by atoms with Gasteiger partial charge in [0, 0.05) is 43.6 Å². The van der Waals surface area contributed by atoms with E-state index in [-0.39, 0.29) is 43.1 Å². The van der Waals surface area contributed by atoms with Gasteiger partial charge in [-0.1, -0.05) is 0 Å². The summed E-state index contributed by atoms with van der Waals surface area (Å²) in [6.07, 6.45) is -4.82. The first-order valence-corrected chi connectivity index (χ1v) is 9.46. The molecule has 1 fully saturated rings. The van der Waals surface area contributed by atoms with Crippen LogP contribution in [0.5, 0.6) is 0 Å². The number of piperazine rings is 1. The Morgan fingerprint density at radius 2 is 1.75 bits per heavy atom. The molecular weight excluding hydrogens is 436 g/mol. The molecule has 168 valence electrons. The van der Waals surface area contributed by atoms with Crippen LogP contribution in [0, 0.1) is 5.82 Å². The van der Waals surface area contributed by atoms with Gasteiger partial charge in [-0.25, -0.2) is 9.18 Å². The molecule has 0 spiro atoms. The number of aromatic amines is 1. The van der Waals surface area contributed by atoms with Gasteiger partial charge >= 0.3 is 23.7 Å². The minimum atomic E-state index is -4.82. The van der Waals surface area contributed by atoms with Crippen LogP contribution >= 0.6 is 0 Å². The van der Waals surface area contributed by atoms with Crippen molar-refractivity contribution in [1.82, 2.24) is 9.88 Å². The second kappa shape index (κ2) is 8.02. The standard InChI is InChI=1S/C20H16F4N4O4/c21-14-3-2-12(10-13(14)20(22,23)24)27-5-7-28(8-6-27)18(30)17(29)25-11-1-4-15-16(9-11)32-19(31)26-15/h1-4,9-10H,5-8H2,(H,25,29)(H,26,31). The first kappa shape index (κ1) is 21.4. The summed E-state index contributed by atoms with van der Waals surface area (Å²) in [5, 5.41) is 2.43. The first-order chi connectivity index (χ1) is 15.1. The number of halogens is 4. The monoisotopic (exact) mass is 452 g/mol. The normalized spacial score (nSPS) is 14.6. The van der Waals surface area contributed by atoms with E-state index in [1.165, 1.54) is 29.2 Å². The van der Waals surface area contributed by atoms with Crippen molar-refractivity contribution in [2.75, 3.05) is 36.4 Å². The highest BCUT2D eigenvalue weighted by Crippen LogP contribution is 2.34. The summed E-state index contributed by atoms with van der Waals surface area (Å²) >= 11 is 0. The number of oxazole rings is 1. The van der Waals surface area contributed by atoms with Crippen molar-refractivity contribution >= 4 is 34.3 Å². The number of alkyl halides is 3. The van der Waals surface area contributed by atoms with Crippen LogP contribution < -0.4 is 16.0 Å². The van der Waals surface area contributed by atoms with Crippen LogP contribution in [0.3, 0.4) is 0 Å². The number of carbonyl (C=O) groups excluding carboxylic acids is 2. The van der Waals surface area contributed by atoms with Crippen LogP contribution in [-0.2, 0) is 15.8 Å². The molecule has 2 amide bonds. The molecular formula is C20H16F4N4O4. The smallest absolute Gasteiger partial charge is 0.408 e. The number of rotatable bonds is 2. The Morgan fingerprint density at radius 1 is 1.03 bits per heavy atom. The van der Waals surface area contributed by atoms with Crippen molar-refractivity contribution in [1.29, 1.82) is 0 Å². The lowest BCUT2D eigenvalue weighted by atomic mass is 10.1. The summed E-state index contributed by atoms with van der Waals surface area (Å²) in [5.74, 6) is -3.73. The third-order valence-corrected chi connectivity index (χ3v) is 5.06. The van der Waals surface area contributed by atoms with Crippen LogP contribution in [0.2, 0.25) is 0 Å². The number of fused-ring (bicyclic) bond motifs is 1. The Kier molecular flexibility index (Phi) is 5.36. The number of benzene rings is 2. The SMILES string of the molecule is O=C(Nc1ccc2[nH]c(=O)oc2c1)C(=O)N1CCN(c2ccc(F)c(C(F)(F)F)c2)CC1. The maximum absolute atomic E-state index is 13.5. The van der Waals surface area contributed by atoms with Gasteiger partial charge in [-0.05, 0) is 30.3 Å². The molecule has 3 aromatic rings. The molecule has 0 aliphatic carbocycles. The van der Waals surface area contributed by atoms with Crippen molar-refractivity contribution in [2.45, 2.75) is 6.18 Å². The molecule has 1 aliphatic heterocycles. The quantitative estimate of drug-likeness (QED) is 0.460. The number of carbonyl (C=O) groups is 2. The fourth-order valence-electron chi connectivity index (χ4n) is 3.45. The zero-order chi connectivity index (χ0) is 23.0. The highest BCUT2D eigenvalue weighted by molar-refractivity contribution is 6.39. The van der Waals surface area contributed by atoms with E-state index in [2.05, 4.69) is 10.3 Å². The van der Waals surface area contributed by atoms with E-state index in [0.29, 0.717) is 5.52 Å². The minimum absolute atomic E-state index is 0.0940. The van der Waals surface area contributed by atoms with Crippen molar-refractivity contribution in [3.05, 3.63) is 58.3 Å². The summed E-state index contributed by atoms with van der Waals surface area (Å²) < 4.78 is 57.2. The lowest BCUT2D eigenvalue weighted by Crippen LogP contribution is -2.51. The van der Waals surface area contributed by atoms with Crippen LogP contribution in [0.4, 0.5) is 28.9 Å². The maximum Gasteiger partial charge on any atom is 0.419 e. The molecule has 1 aromatic heterocycles. The first-order valence-electron chi connectivity index (χ1n) is 9.46. The van der Waals surface area contributed by atoms with E-state index in [1.54, 1.807) is 4.90 Å². The molecule has 8 nitrogen and oxygen atoms in total. The molecule has 4 rings (SSSR count). The summed E-state index contributed by atoms with van der Waals surface area (Å²) in [4.78, 5) is 41.3. The third-order valence-electron chi connectivity index (χ3n) is 5.06. The molecule has 32 heavy (non-hydrogen) atoms. The van der Waals surface area contributed by atoms with Gasteiger partial charge in [-0.15, -0.1) is 0 Å². The molecule has 1 aliphatic rings. The number of H-pyrrole nitrogens is 1. The Hall–Kier alpha value is -3.83. The number of amides is 2. The van der Waals surface area contributed by atoms with Crippen LogP contribution in [0.1, 0.15) is 5.56 Å². The van der Waals surface area contributed by atoms with E-state index in [1.807, 2.05) is 0 Å². The number of anilines is 2. The number of hydrogen-bond donors (Lipinski definition) is 2. The number of aromatic nitrogens is 1. The molecule has 2 N–H and O–H groups in total. The van der Waals surface area contributed by atoms with Gasteiger partial charge in [-0.2, -0.15) is 13.2 Å². The predicted octanol–water partition coefficient (Wildman–Crippen LogP) is 2.57. The van der Waals surface area contributed by atoms with Crippen LogP contribution in [0.25, 0.3) is 11.1 Å². The third kappa shape index (κ3) is 4.29. The predicted molar refractivity (Wildman–Crippen MR) is 106 cm³/mol. The maximum atomic E-state index is 13.5. The van der Waals surface area contributed by atoms with Gasteiger partial charge in [-0.3, -0.25) is 14.6 Å². The molecule has 0 bridgehead atoms. The van der Waals surface area contributed by atoms with Gasteiger partial charge in [0.05, 0.1) is 11.1 Å². The van der Waals surface area contributed by atoms with Gasteiger partial charge in [0.25, 0.3) is 0 Å². The summed E-state index contributed by atoms with van der Waals surface area (Å²) in [7, 11) is 0. The molecule has 1 saturated heterocycles. The number of nitrogens with zero attached hydrogens (tertiary/aromatic N) is 2. The summed E-state index contributed by atoms with van der Waals surface area (Å²) in [6.45, 7) is 0.526. The largest absolute Gasteiger partial charge is 0.419 e. The van der Waals surface area contributed by atoms with Crippen molar-refractivity contribution in [2.24, 2.45) is 0 Å². The van der Waals surface area contributed by atoms with E-state index in [9.17, 15) is 31.9 Å². The van der Waals surface area contributed by atoms with Gasteiger partial charge < -0.3 is 19.5 Å². The Morgan fingerprint density at radius 3 is 2.44 bits per heavy atom. The minimum Gasteiger partial charge on any atom is -0.408 e. The van der Waals surface area contributed by atoms with Crippen molar-refractivity contribution in [3.63, 3.8) is 0 Å². The molecule has 0 radical (unpaired) electrons. The molecule has 2 aromatic carbocycles. The molecule has 0 unspecified atom stereocenters. The highest BCUT2D eigenvalue weighted by Gasteiger charge is 2.35. The molecule has 0 atom stereocenters. The van der Waals surface area contributed by atoms with Crippen molar-refractivity contribution < 1.29 is 31.6 Å². The molecule has 0 saturated carbocycles. The number of hydrogen-bond acceptors (Lipinski definition) is 5. The zero-order valence-corrected chi connectivity index (χ0v) is 16.3. The Bertz CT molecular complexity index is 1240. The number of nitrogens with one attached hydrogen (secondary N) is 2. The topological polar surface area (TPSA) is 98.6 Å². The zero-order valence-electron chi connectivity index (χ0n) is 16.3. The lowest BCUT2D eigenvalue weighted by molar-refractivity contribution is -0.143. The summed E-state index contributed by atoms with van der Waals surface area (Å²) in [6, 6.07) is 7.12. The Balaban J connectivity index is 1.38. The van der Waals surface area contributed by atoms with Gasteiger partial charge in [0.15, 0.2) is 5.58 Å². The molecule has 2 heterocycles. The lowest BCUT2D eigenvalue weighted by Gasteiger charge is -2.36. The summed E-state index contributed by atoms with van der Waals surface area (Å²) in [5.41, 5.74) is -0.279. The van der Waals surface area contributed by atoms with E-state index < -0.39 is 35.1 Å². The molecule has 12 heteroatoms. The second-order valence-corrected chi connectivity index (χ2v) is 7.12. The average molecular weight is 452 g/mol. The average Bonchev–Trinajstić information content (AvgIpc) is 3.12. The fraction of sp³-hybridized carbons (Fsp3) is 0.250. The van der Waals surface area contributed by atoms with Crippen molar-refractivity contribution in [3.8, 4) is 0 Å².